The number of nitrogens with zero attached hydrogens (tertiary/aromatic N) is 1. The zero-order valence-corrected chi connectivity index (χ0v) is 15.0. The first kappa shape index (κ1) is 17.2. The number of aryl methyl sites for hydroxylation is 2. The van der Waals surface area contributed by atoms with Gasteiger partial charge >= 0.3 is 0 Å². The SMILES string of the molecule is CCN(C(=O)C1(C(=O)Nc2cc(C)ccc2C)CC1)c1ccccc1. The molecule has 1 N–H and O–H groups in total. The number of rotatable bonds is 5. The van der Waals surface area contributed by atoms with Gasteiger partial charge in [0.2, 0.25) is 11.8 Å². The first-order valence-electron chi connectivity index (χ1n) is 8.73. The summed E-state index contributed by atoms with van der Waals surface area (Å²) in [5, 5.41) is 2.98. The van der Waals surface area contributed by atoms with Crippen LogP contribution in [0, 0.1) is 19.3 Å². The van der Waals surface area contributed by atoms with Crippen molar-refractivity contribution in [1.29, 1.82) is 0 Å². The summed E-state index contributed by atoms with van der Waals surface area (Å²) >= 11 is 0. The van der Waals surface area contributed by atoms with Crippen LogP contribution >= 0.6 is 0 Å². The van der Waals surface area contributed by atoms with Crippen LogP contribution in [0.4, 0.5) is 11.4 Å². The second-order valence-electron chi connectivity index (χ2n) is 6.74. The van der Waals surface area contributed by atoms with E-state index in [9.17, 15) is 9.59 Å². The van der Waals surface area contributed by atoms with Crippen molar-refractivity contribution in [2.24, 2.45) is 5.41 Å². The Morgan fingerprint density at radius 1 is 1.08 bits per heavy atom. The van der Waals surface area contributed by atoms with Crippen LogP contribution in [0.5, 0.6) is 0 Å². The molecule has 2 aromatic carbocycles. The van der Waals surface area contributed by atoms with Gasteiger partial charge in [-0.15, -0.1) is 0 Å². The molecule has 2 aromatic rings. The van der Waals surface area contributed by atoms with Gasteiger partial charge < -0.3 is 10.2 Å². The van der Waals surface area contributed by atoms with Gasteiger partial charge in [-0.2, -0.15) is 0 Å². The predicted molar refractivity (Wildman–Crippen MR) is 101 cm³/mol. The number of hydrogen-bond acceptors (Lipinski definition) is 2. The average Bonchev–Trinajstić information content (AvgIpc) is 3.41. The maximum Gasteiger partial charge on any atom is 0.242 e. The first-order valence-corrected chi connectivity index (χ1v) is 8.73. The summed E-state index contributed by atoms with van der Waals surface area (Å²) in [6, 6.07) is 15.5. The second-order valence-corrected chi connectivity index (χ2v) is 6.74. The standard InChI is InChI=1S/C21H24N2O2/c1-4-23(17-8-6-5-7-9-17)20(25)21(12-13-21)19(24)22-18-14-15(2)10-11-16(18)3/h5-11,14H,4,12-13H2,1-3H3,(H,22,24). The minimum Gasteiger partial charge on any atom is -0.325 e. The zero-order chi connectivity index (χ0) is 18.0. The molecule has 0 bridgehead atoms. The van der Waals surface area contributed by atoms with E-state index in [2.05, 4.69) is 5.32 Å². The lowest BCUT2D eigenvalue weighted by atomic mass is 10.0. The molecule has 25 heavy (non-hydrogen) atoms. The van der Waals surface area contributed by atoms with Crippen LogP contribution in [0.2, 0.25) is 0 Å². The molecule has 4 heteroatoms. The molecule has 0 spiro atoms. The topological polar surface area (TPSA) is 49.4 Å². The summed E-state index contributed by atoms with van der Waals surface area (Å²) in [6.45, 7) is 6.42. The van der Waals surface area contributed by atoms with Gasteiger partial charge in [-0.3, -0.25) is 9.59 Å². The van der Waals surface area contributed by atoms with Crippen LogP contribution in [-0.4, -0.2) is 18.4 Å². The number of carbonyl (C=O) groups excluding carboxylic acids is 2. The summed E-state index contributed by atoms with van der Waals surface area (Å²) in [4.78, 5) is 27.7. The van der Waals surface area contributed by atoms with E-state index in [4.69, 9.17) is 0 Å². The van der Waals surface area contributed by atoms with Gasteiger partial charge in [0.05, 0.1) is 0 Å². The molecule has 0 unspecified atom stereocenters. The van der Waals surface area contributed by atoms with Crippen molar-refractivity contribution in [3.8, 4) is 0 Å². The Morgan fingerprint density at radius 2 is 1.76 bits per heavy atom. The van der Waals surface area contributed by atoms with Gasteiger partial charge in [0, 0.05) is 17.9 Å². The Morgan fingerprint density at radius 3 is 2.36 bits per heavy atom. The van der Waals surface area contributed by atoms with E-state index < -0.39 is 5.41 Å². The van der Waals surface area contributed by atoms with Crippen molar-refractivity contribution in [2.45, 2.75) is 33.6 Å². The lowest BCUT2D eigenvalue weighted by Crippen LogP contribution is -2.43. The minimum atomic E-state index is -0.929. The highest BCUT2D eigenvalue weighted by Crippen LogP contribution is 2.48. The molecular weight excluding hydrogens is 312 g/mol. The molecule has 1 saturated carbocycles. The summed E-state index contributed by atoms with van der Waals surface area (Å²) in [6.07, 6.45) is 1.21. The van der Waals surface area contributed by atoms with Crippen molar-refractivity contribution >= 4 is 23.2 Å². The molecule has 1 fully saturated rings. The van der Waals surface area contributed by atoms with E-state index in [0.717, 1.165) is 22.5 Å². The number of carbonyl (C=O) groups is 2. The Bertz CT molecular complexity index is 795. The quantitative estimate of drug-likeness (QED) is 0.837. The maximum absolute atomic E-state index is 13.1. The molecule has 0 radical (unpaired) electrons. The molecule has 130 valence electrons. The van der Waals surface area contributed by atoms with Crippen LogP contribution in [0.15, 0.2) is 48.5 Å². The lowest BCUT2D eigenvalue weighted by molar-refractivity contribution is -0.132. The van der Waals surface area contributed by atoms with E-state index in [0.29, 0.717) is 19.4 Å². The second kappa shape index (κ2) is 6.71. The van der Waals surface area contributed by atoms with E-state index in [1.54, 1.807) is 4.90 Å². The van der Waals surface area contributed by atoms with E-state index in [1.807, 2.05) is 69.3 Å². The third-order valence-corrected chi connectivity index (χ3v) is 4.86. The molecule has 2 amide bonds. The van der Waals surface area contributed by atoms with Crippen LogP contribution < -0.4 is 10.2 Å². The number of benzene rings is 2. The zero-order valence-electron chi connectivity index (χ0n) is 15.0. The average molecular weight is 336 g/mol. The number of anilines is 2. The van der Waals surface area contributed by atoms with Crippen molar-refractivity contribution in [1.82, 2.24) is 0 Å². The van der Waals surface area contributed by atoms with Crippen LogP contribution in [0.1, 0.15) is 30.9 Å². The van der Waals surface area contributed by atoms with Gasteiger partial charge in [0.25, 0.3) is 0 Å². The minimum absolute atomic E-state index is 0.107. The van der Waals surface area contributed by atoms with Gasteiger partial charge in [-0.25, -0.2) is 0 Å². The molecule has 0 saturated heterocycles. The number of para-hydroxylation sites is 1. The van der Waals surface area contributed by atoms with Crippen molar-refractivity contribution in [3.63, 3.8) is 0 Å². The Kier molecular flexibility index (Phi) is 4.62. The normalized spacial score (nSPS) is 14.7. The van der Waals surface area contributed by atoms with E-state index in [1.165, 1.54) is 0 Å². The highest BCUT2D eigenvalue weighted by Gasteiger charge is 2.58. The molecule has 0 atom stereocenters. The third kappa shape index (κ3) is 3.29. The number of hydrogen-bond donors (Lipinski definition) is 1. The number of nitrogens with one attached hydrogen (secondary N) is 1. The molecule has 0 aromatic heterocycles. The fourth-order valence-electron chi connectivity index (χ4n) is 3.09. The van der Waals surface area contributed by atoms with Gasteiger partial charge in [-0.05, 0) is 62.9 Å². The molecule has 0 aliphatic heterocycles. The Labute approximate surface area is 148 Å². The van der Waals surface area contributed by atoms with E-state index in [-0.39, 0.29) is 11.8 Å². The highest BCUT2D eigenvalue weighted by molar-refractivity contribution is 6.17. The smallest absolute Gasteiger partial charge is 0.242 e. The fraction of sp³-hybridized carbons (Fsp3) is 0.333. The lowest BCUT2D eigenvalue weighted by Gasteiger charge is -2.26. The molecule has 3 rings (SSSR count). The highest BCUT2D eigenvalue weighted by atomic mass is 16.2. The summed E-state index contributed by atoms with van der Waals surface area (Å²) in [7, 11) is 0. The summed E-state index contributed by atoms with van der Waals surface area (Å²) in [5.41, 5.74) is 2.77. The summed E-state index contributed by atoms with van der Waals surface area (Å²) in [5.74, 6) is -0.301. The molecule has 4 nitrogen and oxygen atoms in total. The van der Waals surface area contributed by atoms with Crippen molar-refractivity contribution in [3.05, 3.63) is 59.7 Å². The van der Waals surface area contributed by atoms with Gasteiger partial charge in [0.15, 0.2) is 0 Å². The fourth-order valence-corrected chi connectivity index (χ4v) is 3.09. The Hall–Kier alpha value is -2.62. The van der Waals surface area contributed by atoms with E-state index >= 15 is 0 Å². The van der Waals surface area contributed by atoms with Gasteiger partial charge in [-0.1, -0.05) is 30.3 Å². The van der Waals surface area contributed by atoms with Crippen LogP contribution in [-0.2, 0) is 9.59 Å². The van der Waals surface area contributed by atoms with Crippen LogP contribution in [0.25, 0.3) is 0 Å². The van der Waals surface area contributed by atoms with Gasteiger partial charge in [0.1, 0.15) is 5.41 Å². The number of amides is 2. The molecule has 0 heterocycles. The third-order valence-electron chi connectivity index (χ3n) is 4.86. The first-order chi connectivity index (χ1) is 12.0. The molecule has 1 aliphatic carbocycles. The Balaban J connectivity index is 1.82. The molecule has 1 aliphatic rings. The van der Waals surface area contributed by atoms with Crippen molar-refractivity contribution < 1.29 is 9.59 Å². The monoisotopic (exact) mass is 336 g/mol. The summed E-state index contributed by atoms with van der Waals surface area (Å²) < 4.78 is 0. The van der Waals surface area contributed by atoms with Crippen molar-refractivity contribution in [2.75, 3.05) is 16.8 Å². The molecular formula is C21H24N2O2. The largest absolute Gasteiger partial charge is 0.325 e. The van der Waals surface area contributed by atoms with Crippen LogP contribution in [0.3, 0.4) is 0 Å². The predicted octanol–water partition coefficient (Wildman–Crippen LogP) is 4.08. The maximum atomic E-state index is 13.1.